The van der Waals surface area contributed by atoms with Gasteiger partial charge in [0.1, 0.15) is 6.61 Å². The minimum atomic E-state index is -2.11. The highest BCUT2D eigenvalue weighted by molar-refractivity contribution is 6.01. The van der Waals surface area contributed by atoms with Gasteiger partial charge in [0.15, 0.2) is 29.4 Å². The number of anilines is 1. The number of carbonyl (C=O) groups is 5. The van der Waals surface area contributed by atoms with Crippen LogP contribution < -0.4 is 11.1 Å². The Morgan fingerprint density at radius 1 is 0.892 bits per heavy atom. The molecule has 9 atom stereocenters. The summed E-state index contributed by atoms with van der Waals surface area (Å²) in [6.07, 6.45) is 3.16. The van der Waals surface area contributed by atoms with E-state index in [9.17, 15) is 29.1 Å². The molecule has 65 heavy (non-hydrogen) atoms. The summed E-state index contributed by atoms with van der Waals surface area (Å²) in [4.78, 5) is 66.4. The molecule has 4 aromatic rings. The number of ether oxygens (including phenoxy) is 4. The Balaban J connectivity index is 0.817. The van der Waals surface area contributed by atoms with Gasteiger partial charge in [-0.2, -0.15) is 0 Å². The predicted octanol–water partition coefficient (Wildman–Crippen LogP) is 7.47. The van der Waals surface area contributed by atoms with Crippen molar-refractivity contribution in [2.45, 2.75) is 95.2 Å². The Kier molecular flexibility index (Phi) is 11.1. The quantitative estimate of drug-likeness (QED) is 0.127. The molecule has 0 spiro atoms. The van der Waals surface area contributed by atoms with Crippen molar-refractivity contribution >= 4 is 45.9 Å². The van der Waals surface area contributed by atoms with Gasteiger partial charge in [0.2, 0.25) is 11.7 Å². The first-order valence-electron chi connectivity index (χ1n) is 22.2. The van der Waals surface area contributed by atoms with Crippen LogP contribution in [0.3, 0.4) is 0 Å². The van der Waals surface area contributed by atoms with E-state index < -0.39 is 82.2 Å². The van der Waals surface area contributed by atoms with Crippen molar-refractivity contribution in [3.63, 3.8) is 0 Å². The van der Waals surface area contributed by atoms with Crippen molar-refractivity contribution in [2.24, 2.45) is 28.4 Å². The molecule has 1 aliphatic heterocycles. The Labute approximate surface area is 376 Å². The maximum atomic E-state index is 17.8. The van der Waals surface area contributed by atoms with Gasteiger partial charge in [-0.15, -0.1) is 0 Å². The zero-order valence-corrected chi connectivity index (χ0v) is 36.8. The van der Waals surface area contributed by atoms with Crippen LogP contribution in [-0.2, 0) is 39.9 Å². The number of nitrogens with one attached hydrogen (secondary N) is 1. The van der Waals surface area contributed by atoms with E-state index in [0.717, 1.165) is 10.8 Å². The van der Waals surface area contributed by atoms with Crippen molar-refractivity contribution < 1.29 is 52.4 Å². The Bertz CT molecular complexity index is 2660. The van der Waals surface area contributed by atoms with Crippen molar-refractivity contribution in [1.29, 1.82) is 0 Å². The van der Waals surface area contributed by atoms with Gasteiger partial charge in [-0.1, -0.05) is 73.2 Å². The first-order valence-corrected chi connectivity index (χ1v) is 22.2. The van der Waals surface area contributed by atoms with Crippen LogP contribution in [0, 0.1) is 22.7 Å². The maximum absolute atomic E-state index is 17.8. The lowest BCUT2D eigenvalue weighted by molar-refractivity contribution is -0.246. The molecule has 4 aliphatic carbocycles. The fourth-order valence-electron chi connectivity index (χ4n) is 11.8. The molecule has 0 radical (unpaired) electrons. The van der Waals surface area contributed by atoms with E-state index in [1.165, 1.54) is 36.4 Å². The molecule has 9 rings (SSSR count). The normalized spacial score (nSPS) is 31.1. The zero-order valence-electron chi connectivity index (χ0n) is 36.8. The first kappa shape index (κ1) is 44.3. The van der Waals surface area contributed by atoms with Gasteiger partial charge in [-0.05, 0) is 123 Å². The van der Waals surface area contributed by atoms with Crippen molar-refractivity contribution in [1.82, 2.24) is 0 Å². The summed E-state index contributed by atoms with van der Waals surface area (Å²) in [7, 11) is 0. The van der Waals surface area contributed by atoms with E-state index in [1.807, 2.05) is 49.4 Å². The van der Waals surface area contributed by atoms with Gasteiger partial charge in [0, 0.05) is 29.0 Å². The standard InChI is InChI=1S/C52H53FN2O10/c1-48(2)64-44-25-41-40-20-18-36-24-38(56)21-22-49(36,3)51(40,53)42(57)26-50(41,4)52(44,65-48)43(58)29-63-47(61)34-15-13-33(14-16-34)46(60)62-28-30-9-11-32(12-10-30)39(27-54)45(59)55-37-19-17-31-7-5-6-8-35(31)23-37/h5-17,19,21-24,39-42,44,57H,18,20,25-29,54H2,1-4H3,(H,55,59)/t39-,40+,41+,42+,44-,49+,50+,51+,52-/m1/s1. The van der Waals surface area contributed by atoms with Crippen LogP contribution in [0.15, 0.2) is 115 Å². The smallest absolute Gasteiger partial charge is 0.338 e. The van der Waals surface area contributed by atoms with Crippen LogP contribution in [0.5, 0.6) is 0 Å². The molecule has 0 unspecified atom stereocenters. The lowest BCUT2D eigenvalue weighted by Crippen LogP contribution is -2.70. The molecule has 1 saturated heterocycles. The highest BCUT2D eigenvalue weighted by atomic mass is 19.1. The van der Waals surface area contributed by atoms with Crippen molar-refractivity contribution in [3.8, 4) is 0 Å². The van der Waals surface area contributed by atoms with Crippen LogP contribution in [0.4, 0.5) is 10.1 Å². The second kappa shape index (κ2) is 16.2. The molecule has 1 heterocycles. The van der Waals surface area contributed by atoms with Gasteiger partial charge in [-0.3, -0.25) is 14.4 Å². The third kappa shape index (κ3) is 7.24. The molecule has 4 aromatic carbocycles. The molecular formula is C52H53FN2O10. The van der Waals surface area contributed by atoms with Crippen LogP contribution in [0.25, 0.3) is 10.8 Å². The number of Topliss-reactive ketones (excluding diaryl/α,β-unsaturated/α-hetero) is 1. The number of amides is 1. The highest BCUT2D eigenvalue weighted by Gasteiger charge is 2.80. The average Bonchev–Trinajstić information content (AvgIpc) is 3.70. The topological polar surface area (TPSA) is 181 Å². The van der Waals surface area contributed by atoms with Gasteiger partial charge >= 0.3 is 11.9 Å². The van der Waals surface area contributed by atoms with E-state index in [4.69, 9.17) is 24.7 Å². The van der Waals surface area contributed by atoms with Crippen LogP contribution in [0.1, 0.15) is 91.1 Å². The molecule has 0 aromatic heterocycles. The molecule has 338 valence electrons. The number of rotatable bonds is 11. The molecule has 12 nitrogen and oxygen atoms in total. The summed E-state index contributed by atoms with van der Waals surface area (Å²) < 4.78 is 41.8. The van der Waals surface area contributed by atoms with E-state index in [0.29, 0.717) is 41.6 Å². The Morgan fingerprint density at radius 3 is 2.26 bits per heavy atom. The molecular weight excluding hydrogens is 832 g/mol. The predicted molar refractivity (Wildman–Crippen MR) is 238 cm³/mol. The second-order valence-electron chi connectivity index (χ2n) is 19.1. The Morgan fingerprint density at radius 2 is 1.57 bits per heavy atom. The third-order valence-corrected chi connectivity index (χ3v) is 15.1. The number of benzene rings is 4. The molecule has 1 amide bonds. The number of hydrogen-bond acceptors (Lipinski definition) is 11. The first-order chi connectivity index (χ1) is 30.9. The third-order valence-electron chi connectivity index (χ3n) is 15.1. The van der Waals surface area contributed by atoms with E-state index in [-0.39, 0.29) is 42.4 Å². The molecule has 3 saturated carbocycles. The van der Waals surface area contributed by atoms with Gasteiger partial charge in [0.05, 0.1) is 29.3 Å². The zero-order chi connectivity index (χ0) is 46.1. The second-order valence-corrected chi connectivity index (χ2v) is 19.1. The summed E-state index contributed by atoms with van der Waals surface area (Å²) in [5.74, 6) is -5.33. The van der Waals surface area contributed by atoms with Gasteiger partial charge in [-0.25, -0.2) is 14.0 Å². The summed E-state index contributed by atoms with van der Waals surface area (Å²) in [5.41, 5.74) is 2.97. The summed E-state index contributed by atoms with van der Waals surface area (Å²) in [5, 5.41) is 16.9. The number of halogens is 1. The van der Waals surface area contributed by atoms with E-state index >= 15 is 4.39 Å². The molecule has 4 fully saturated rings. The average molecular weight is 885 g/mol. The number of aliphatic hydroxyl groups is 1. The molecule has 0 bridgehead atoms. The fraction of sp³-hybridized carbons (Fsp3) is 0.404. The number of ketones is 2. The van der Waals surface area contributed by atoms with Gasteiger partial charge in [0.25, 0.3) is 0 Å². The van der Waals surface area contributed by atoms with Crippen molar-refractivity contribution in [2.75, 3.05) is 18.5 Å². The SMILES string of the molecule is CC1(C)O[C@@H]2C[C@H]3[C@@H]4CCC5=CC(=O)C=C[C@]5(C)[C@@]4(F)[C@@H](O)C[C@]3(C)[C@]2(C(=O)COC(=O)c2ccc(C(=O)OCc3ccc([C@@H](CN)C(=O)Nc4ccc5ccccc5c4)cc3)cc2)O1. The van der Waals surface area contributed by atoms with Gasteiger partial charge < -0.3 is 35.1 Å². The van der Waals surface area contributed by atoms with Crippen LogP contribution >= 0.6 is 0 Å². The highest BCUT2D eigenvalue weighted by Crippen LogP contribution is 2.72. The lowest BCUT2D eigenvalue weighted by atomic mass is 9.44. The number of alkyl halides is 1. The van der Waals surface area contributed by atoms with Crippen molar-refractivity contribution in [3.05, 3.63) is 137 Å². The largest absolute Gasteiger partial charge is 0.457 e. The number of esters is 2. The molecule has 5 aliphatic rings. The number of hydrogen-bond donors (Lipinski definition) is 3. The number of fused-ring (bicyclic) bond motifs is 8. The van der Waals surface area contributed by atoms with E-state index in [2.05, 4.69) is 5.32 Å². The summed E-state index contributed by atoms with van der Waals surface area (Å²) in [6.45, 7) is 6.35. The van der Waals surface area contributed by atoms with Crippen LogP contribution in [0.2, 0.25) is 0 Å². The number of carbonyl (C=O) groups excluding carboxylic acids is 5. The maximum Gasteiger partial charge on any atom is 0.338 e. The number of allylic oxidation sites excluding steroid dienone is 4. The Hall–Kier alpha value is -5.86. The monoisotopic (exact) mass is 884 g/mol. The molecule has 13 heteroatoms. The number of aliphatic hydroxyl groups excluding tert-OH is 1. The summed E-state index contributed by atoms with van der Waals surface area (Å²) in [6, 6.07) is 26.3. The minimum Gasteiger partial charge on any atom is -0.457 e. The van der Waals surface area contributed by atoms with Crippen LogP contribution in [-0.4, -0.2) is 76.9 Å². The van der Waals surface area contributed by atoms with E-state index in [1.54, 1.807) is 51.1 Å². The lowest BCUT2D eigenvalue weighted by Gasteiger charge is -2.62. The number of nitrogens with two attached hydrogens (primary N) is 1. The summed E-state index contributed by atoms with van der Waals surface area (Å²) >= 11 is 0. The fourth-order valence-corrected chi connectivity index (χ4v) is 11.8. The minimum absolute atomic E-state index is 0.0494. The molecule has 4 N–H and O–H groups in total.